The summed E-state index contributed by atoms with van der Waals surface area (Å²) in [5.74, 6) is 1.16. The number of hydrogen-bond donors (Lipinski definition) is 1. The van der Waals surface area contributed by atoms with Crippen molar-refractivity contribution in [2.75, 3.05) is 19.0 Å². The van der Waals surface area contributed by atoms with Crippen molar-refractivity contribution in [1.29, 1.82) is 0 Å². The van der Waals surface area contributed by atoms with Crippen LogP contribution in [0.15, 0.2) is 42.5 Å². The number of carbonyl (C=O) groups excluding carboxylic acids is 1. The van der Waals surface area contributed by atoms with E-state index in [0.29, 0.717) is 16.6 Å². The van der Waals surface area contributed by atoms with Gasteiger partial charge in [0, 0.05) is 0 Å². The molecule has 0 fully saturated rings. The summed E-state index contributed by atoms with van der Waals surface area (Å²) < 4.78 is 11.9. The topological polar surface area (TPSA) is 60.5 Å². The minimum atomic E-state index is -0.124. The fraction of sp³-hybridized carbons (Fsp3) is 0.222. The number of rotatable bonds is 6. The number of anilines is 1. The number of aromatic nitrogens is 1. The van der Waals surface area contributed by atoms with Gasteiger partial charge in [-0.3, -0.25) is 4.79 Å². The summed E-state index contributed by atoms with van der Waals surface area (Å²) in [6.45, 7) is 2.28. The molecule has 0 saturated heterocycles. The van der Waals surface area contributed by atoms with Gasteiger partial charge in [-0.2, -0.15) is 0 Å². The van der Waals surface area contributed by atoms with E-state index in [4.69, 9.17) is 9.47 Å². The molecule has 3 rings (SSSR count). The molecule has 1 N–H and O–H groups in total. The fourth-order valence-electron chi connectivity index (χ4n) is 2.31. The van der Waals surface area contributed by atoms with Gasteiger partial charge in [-0.15, -0.1) is 0 Å². The highest BCUT2D eigenvalue weighted by molar-refractivity contribution is 7.22. The van der Waals surface area contributed by atoms with Crippen LogP contribution in [0.5, 0.6) is 11.5 Å². The Hall–Kier alpha value is -2.60. The number of ether oxygens (including phenoxy) is 2. The van der Waals surface area contributed by atoms with Gasteiger partial charge < -0.3 is 14.8 Å². The lowest BCUT2D eigenvalue weighted by Crippen LogP contribution is -2.15. The van der Waals surface area contributed by atoms with Crippen molar-refractivity contribution >= 4 is 32.6 Å². The zero-order chi connectivity index (χ0) is 16.9. The van der Waals surface area contributed by atoms with Crippen molar-refractivity contribution < 1.29 is 14.3 Å². The Morgan fingerprint density at radius 1 is 1.17 bits per heavy atom. The number of amides is 1. The summed E-state index contributed by atoms with van der Waals surface area (Å²) in [5, 5.41) is 3.44. The third-order valence-electron chi connectivity index (χ3n) is 3.52. The summed E-state index contributed by atoms with van der Waals surface area (Å²) in [7, 11) is 1.59. The Balaban J connectivity index is 1.56. The van der Waals surface area contributed by atoms with Crippen LogP contribution >= 0.6 is 11.3 Å². The van der Waals surface area contributed by atoms with Crippen LogP contribution in [0.3, 0.4) is 0 Å². The van der Waals surface area contributed by atoms with Crippen molar-refractivity contribution in [3.05, 3.63) is 48.0 Å². The van der Waals surface area contributed by atoms with Crippen LogP contribution in [-0.4, -0.2) is 24.6 Å². The van der Waals surface area contributed by atoms with Gasteiger partial charge in [0.25, 0.3) is 0 Å². The molecule has 24 heavy (non-hydrogen) atoms. The summed E-state index contributed by atoms with van der Waals surface area (Å²) in [5.41, 5.74) is 2.03. The van der Waals surface area contributed by atoms with E-state index in [0.717, 1.165) is 15.8 Å². The van der Waals surface area contributed by atoms with Gasteiger partial charge in [0.2, 0.25) is 5.91 Å². The third-order valence-corrected chi connectivity index (χ3v) is 4.46. The maximum absolute atomic E-state index is 12.1. The molecule has 5 nitrogen and oxygen atoms in total. The van der Waals surface area contributed by atoms with Gasteiger partial charge in [-0.25, -0.2) is 4.98 Å². The van der Waals surface area contributed by atoms with E-state index in [-0.39, 0.29) is 18.9 Å². The summed E-state index contributed by atoms with van der Waals surface area (Å²) in [6.07, 6.45) is 0.243. The van der Waals surface area contributed by atoms with E-state index in [1.165, 1.54) is 11.3 Å². The quantitative estimate of drug-likeness (QED) is 0.735. The van der Waals surface area contributed by atoms with Crippen molar-refractivity contribution in [3.8, 4) is 11.5 Å². The largest absolute Gasteiger partial charge is 0.493 e. The lowest BCUT2D eigenvalue weighted by molar-refractivity contribution is -0.116. The van der Waals surface area contributed by atoms with Crippen LogP contribution in [0, 0.1) is 6.92 Å². The number of fused-ring (bicyclic) bond motifs is 1. The Morgan fingerprint density at radius 3 is 2.71 bits per heavy atom. The van der Waals surface area contributed by atoms with Crippen LogP contribution in [0.2, 0.25) is 0 Å². The average molecular weight is 342 g/mol. The highest BCUT2D eigenvalue weighted by atomic mass is 32.1. The average Bonchev–Trinajstić information content (AvgIpc) is 2.99. The Morgan fingerprint density at radius 2 is 1.96 bits per heavy atom. The molecule has 0 bridgehead atoms. The second-order valence-corrected chi connectivity index (χ2v) is 6.27. The first-order chi connectivity index (χ1) is 11.7. The second-order valence-electron chi connectivity index (χ2n) is 5.24. The molecule has 0 unspecified atom stereocenters. The van der Waals surface area contributed by atoms with Gasteiger partial charge in [-0.1, -0.05) is 35.6 Å². The number of carbonyl (C=O) groups is 1. The van der Waals surface area contributed by atoms with Gasteiger partial charge in [-0.05, 0) is 30.7 Å². The van der Waals surface area contributed by atoms with Gasteiger partial charge in [0.15, 0.2) is 16.6 Å². The van der Waals surface area contributed by atoms with Crippen LogP contribution in [0.25, 0.3) is 10.2 Å². The number of thiazole rings is 1. The Labute approximate surface area is 144 Å². The number of para-hydroxylation sites is 3. The molecular weight excluding hydrogens is 324 g/mol. The SMILES string of the molecule is COc1ccccc1OCCC(=O)Nc1nc2c(C)cccc2s1. The van der Waals surface area contributed by atoms with Gasteiger partial charge >= 0.3 is 0 Å². The zero-order valence-electron chi connectivity index (χ0n) is 13.5. The van der Waals surface area contributed by atoms with Gasteiger partial charge in [0.05, 0.1) is 30.4 Å². The van der Waals surface area contributed by atoms with E-state index in [1.54, 1.807) is 7.11 Å². The maximum Gasteiger partial charge on any atom is 0.229 e. The molecule has 6 heteroatoms. The molecule has 2 aromatic carbocycles. The fourth-order valence-corrected chi connectivity index (χ4v) is 3.27. The predicted molar refractivity (Wildman–Crippen MR) is 96.1 cm³/mol. The van der Waals surface area contributed by atoms with Crippen LogP contribution < -0.4 is 14.8 Å². The van der Waals surface area contributed by atoms with E-state index in [1.807, 2.05) is 49.4 Å². The van der Waals surface area contributed by atoms with E-state index < -0.39 is 0 Å². The lowest BCUT2D eigenvalue weighted by Gasteiger charge is -2.09. The minimum Gasteiger partial charge on any atom is -0.493 e. The van der Waals surface area contributed by atoms with Gasteiger partial charge in [0.1, 0.15) is 0 Å². The lowest BCUT2D eigenvalue weighted by atomic mass is 10.2. The Kier molecular flexibility index (Phi) is 4.96. The molecule has 1 aromatic heterocycles. The molecule has 0 spiro atoms. The molecule has 0 atom stereocenters. The second kappa shape index (κ2) is 7.31. The predicted octanol–water partition coefficient (Wildman–Crippen LogP) is 4.02. The van der Waals surface area contributed by atoms with Crippen molar-refractivity contribution in [2.45, 2.75) is 13.3 Å². The van der Waals surface area contributed by atoms with Crippen LogP contribution in [0.4, 0.5) is 5.13 Å². The molecule has 124 valence electrons. The summed E-state index contributed by atoms with van der Waals surface area (Å²) in [4.78, 5) is 16.5. The minimum absolute atomic E-state index is 0.124. The zero-order valence-corrected chi connectivity index (χ0v) is 14.4. The standard InChI is InChI=1S/C18H18N2O3S/c1-12-6-5-9-15-17(12)20-18(24-15)19-16(21)10-11-23-14-8-4-3-7-13(14)22-2/h3-9H,10-11H2,1-2H3,(H,19,20,21). The molecule has 0 saturated carbocycles. The smallest absolute Gasteiger partial charge is 0.229 e. The van der Waals surface area contributed by atoms with Crippen molar-refractivity contribution in [2.24, 2.45) is 0 Å². The van der Waals surface area contributed by atoms with E-state index in [2.05, 4.69) is 10.3 Å². The first kappa shape index (κ1) is 16.3. The van der Waals surface area contributed by atoms with Crippen LogP contribution in [-0.2, 0) is 4.79 Å². The molecule has 1 amide bonds. The number of aryl methyl sites for hydroxylation is 1. The molecule has 0 radical (unpaired) electrons. The number of methoxy groups -OCH3 is 1. The number of nitrogens with zero attached hydrogens (tertiary/aromatic N) is 1. The highest BCUT2D eigenvalue weighted by Gasteiger charge is 2.10. The van der Waals surface area contributed by atoms with Crippen molar-refractivity contribution in [3.63, 3.8) is 0 Å². The monoisotopic (exact) mass is 342 g/mol. The molecule has 3 aromatic rings. The first-order valence-electron chi connectivity index (χ1n) is 7.59. The molecule has 0 aliphatic carbocycles. The Bertz CT molecular complexity index is 860. The molecule has 0 aliphatic rings. The first-order valence-corrected chi connectivity index (χ1v) is 8.41. The maximum atomic E-state index is 12.1. The third kappa shape index (κ3) is 3.65. The van der Waals surface area contributed by atoms with E-state index >= 15 is 0 Å². The van der Waals surface area contributed by atoms with Crippen molar-refractivity contribution in [1.82, 2.24) is 4.98 Å². The van der Waals surface area contributed by atoms with Crippen LogP contribution in [0.1, 0.15) is 12.0 Å². The molecule has 0 aliphatic heterocycles. The summed E-state index contributed by atoms with van der Waals surface area (Å²) in [6, 6.07) is 13.4. The molecular formula is C18H18N2O3S. The molecule has 1 heterocycles. The number of benzene rings is 2. The van der Waals surface area contributed by atoms with E-state index in [9.17, 15) is 4.79 Å². The number of hydrogen-bond acceptors (Lipinski definition) is 5. The summed E-state index contributed by atoms with van der Waals surface area (Å²) >= 11 is 1.47. The highest BCUT2D eigenvalue weighted by Crippen LogP contribution is 2.28. The normalized spacial score (nSPS) is 10.6. The number of nitrogens with one attached hydrogen (secondary N) is 1.